The second-order valence-corrected chi connectivity index (χ2v) is 2.86. The first-order chi connectivity index (χ1) is 7.11. The maximum Gasteiger partial charge on any atom is 0.349 e. The van der Waals surface area contributed by atoms with E-state index in [2.05, 4.69) is 24.7 Å². The summed E-state index contributed by atoms with van der Waals surface area (Å²) in [6.07, 6.45) is 0.936. The Morgan fingerprint density at radius 3 is 2.53 bits per heavy atom. The highest BCUT2D eigenvalue weighted by atomic mass is 35.5. The molecule has 0 aromatic carbocycles. The minimum absolute atomic E-state index is 0.0481. The second-order valence-electron chi connectivity index (χ2n) is 2.18. The number of esters is 1. The molecule has 0 radical (unpaired) electrons. The molecule has 0 aliphatic heterocycles. The van der Waals surface area contributed by atoms with Crippen molar-refractivity contribution in [1.29, 1.82) is 0 Å². The van der Waals surface area contributed by atoms with Crippen LogP contribution in [0.25, 0.3) is 0 Å². The van der Waals surface area contributed by atoms with Crippen LogP contribution in [0.4, 0.5) is 5.95 Å². The minimum atomic E-state index is -0.592. The predicted octanol–water partition coefficient (Wildman–Crippen LogP) is 1.44. The van der Waals surface area contributed by atoms with Gasteiger partial charge in [-0.25, -0.2) is 9.79 Å². The largest absolute Gasteiger partial charge is 0.462 e. The third-order valence-corrected chi connectivity index (χ3v) is 1.48. The van der Waals surface area contributed by atoms with Gasteiger partial charge >= 0.3 is 5.97 Å². The number of carbonyl (C=O) groups is 1. The van der Waals surface area contributed by atoms with Crippen LogP contribution in [-0.2, 0) is 9.53 Å². The summed E-state index contributed by atoms with van der Waals surface area (Å²) in [4.78, 5) is 25.2. The van der Waals surface area contributed by atoms with E-state index in [0.29, 0.717) is 0 Å². The van der Waals surface area contributed by atoms with Crippen molar-refractivity contribution in [1.82, 2.24) is 15.0 Å². The zero-order valence-electron chi connectivity index (χ0n) is 7.65. The summed E-state index contributed by atoms with van der Waals surface area (Å²) in [6.45, 7) is 1.95. The van der Waals surface area contributed by atoms with Gasteiger partial charge in [-0.2, -0.15) is 15.0 Å². The molecule has 0 aliphatic rings. The van der Waals surface area contributed by atoms with Crippen LogP contribution in [0.3, 0.4) is 0 Å². The van der Waals surface area contributed by atoms with E-state index < -0.39 is 5.97 Å². The van der Waals surface area contributed by atoms with Gasteiger partial charge in [-0.1, -0.05) is 0 Å². The molecule has 0 bridgehead atoms. The van der Waals surface area contributed by atoms with Crippen molar-refractivity contribution >= 4 is 41.3 Å². The maximum atomic E-state index is 10.9. The number of halogens is 2. The van der Waals surface area contributed by atoms with E-state index in [1.807, 2.05) is 0 Å². The Bertz CT molecular complexity index is 376. The molecule has 80 valence electrons. The SMILES string of the molecule is CCOC(=O)C=Nc1nc(Cl)nc(Cl)n1. The van der Waals surface area contributed by atoms with Gasteiger partial charge in [-0.15, -0.1) is 0 Å². The maximum absolute atomic E-state index is 10.9. The molecule has 1 aromatic rings. The van der Waals surface area contributed by atoms with Crippen molar-refractivity contribution < 1.29 is 9.53 Å². The van der Waals surface area contributed by atoms with Gasteiger partial charge in [0.1, 0.15) is 6.21 Å². The third kappa shape index (κ3) is 4.18. The summed E-state index contributed by atoms with van der Waals surface area (Å²) in [5, 5.41) is -0.183. The first-order valence-electron chi connectivity index (χ1n) is 3.89. The Kier molecular flexibility index (Phi) is 4.38. The van der Waals surface area contributed by atoms with E-state index in [4.69, 9.17) is 23.2 Å². The molecule has 0 saturated carbocycles. The number of hydrogen-bond donors (Lipinski definition) is 0. The van der Waals surface area contributed by atoms with E-state index in [1.165, 1.54) is 0 Å². The molecular weight excluding hydrogens is 243 g/mol. The van der Waals surface area contributed by atoms with Gasteiger partial charge in [0.25, 0.3) is 5.95 Å². The highest BCUT2D eigenvalue weighted by molar-refractivity contribution is 6.31. The van der Waals surface area contributed by atoms with Crippen LogP contribution in [-0.4, -0.2) is 33.7 Å². The number of aliphatic imine (C=N–C) groups is 1. The number of aromatic nitrogens is 3. The zero-order valence-corrected chi connectivity index (χ0v) is 9.16. The molecule has 0 atom stereocenters. The molecule has 0 aliphatic carbocycles. The van der Waals surface area contributed by atoms with Gasteiger partial charge in [0.2, 0.25) is 10.6 Å². The van der Waals surface area contributed by atoms with Crippen molar-refractivity contribution in [2.45, 2.75) is 6.92 Å². The molecule has 0 unspecified atom stereocenters. The molecule has 0 N–H and O–H groups in total. The van der Waals surface area contributed by atoms with Gasteiger partial charge in [0.15, 0.2) is 0 Å². The van der Waals surface area contributed by atoms with E-state index in [0.717, 1.165) is 6.21 Å². The molecule has 15 heavy (non-hydrogen) atoms. The van der Waals surface area contributed by atoms with Gasteiger partial charge in [0.05, 0.1) is 6.61 Å². The van der Waals surface area contributed by atoms with Crippen LogP contribution in [0, 0.1) is 0 Å². The molecule has 6 nitrogen and oxygen atoms in total. The number of ether oxygens (including phenoxy) is 1. The van der Waals surface area contributed by atoms with Crippen molar-refractivity contribution in [3.05, 3.63) is 10.6 Å². The Morgan fingerprint density at radius 2 is 2.00 bits per heavy atom. The first kappa shape index (κ1) is 11.8. The molecule has 1 rings (SSSR count). The van der Waals surface area contributed by atoms with Crippen LogP contribution in [0.2, 0.25) is 10.6 Å². The third-order valence-electron chi connectivity index (χ3n) is 1.14. The van der Waals surface area contributed by atoms with Crippen molar-refractivity contribution in [2.75, 3.05) is 6.61 Å². The first-order valence-corrected chi connectivity index (χ1v) is 4.65. The van der Waals surface area contributed by atoms with Gasteiger partial charge in [-0.3, -0.25) is 0 Å². The zero-order chi connectivity index (χ0) is 11.3. The Morgan fingerprint density at radius 1 is 1.40 bits per heavy atom. The number of rotatable bonds is 3. The molecule has 0 fully saturated rings. The van der Waals surface area contributed by atoms with Crippen molar-refractivity contribution in [3.63, 3.8) is 0 Å². The Hall–Kier alpha value is -1.27. The lowest BCUT2D eigenvalue weighted by atomic mass is 10.7. The quantitative estimate of drug-likeness (QED) is 0.598. The summed E-state index contributed by atoms with van der Waals surface area (Å²) in [5.41, 5.74) is 0. The van der Waals surface area contributed by atoms with Crippen LogP contribution in [0.5, 0.6) is 0 Å². The molecule has 1 aromatic heterocycles. The fraction of sp³-hybridized carbons (Fsp3) is 0.286. The topological polar surface area (TPSA) is 77.3 Å². The highest BCUT2D eigenvalue weighted by Crippen LogP contribution is 2.11. The van der Waals surface area contributed by atoms with Crippen molar-refractivity contribution in [3.8, 4) is 0 Å². The average molecular weight is 249 g/mol. The molecule has 0 amide bonds. The second kappa shape index (κ2) is 5.57. The minimum Gasteiger partial charge on any atom is -0.462 e. The number of nitrogens with zero attached hydrogens (tertiary/aromatic N) is 4. The summed E-state index contributed by atoms with van der Waals surface area (Å²) in [6, 6.07) is 0. The smallest absolute Gasteiger partial charge is 0.349 e. The molecule has 8 heteroatoms. The predicted molar refractivity (Wildman–Crippen MR) is 54.6 cm³/mol. The fourth-order valence-electron chi connectivity index (χ4n) is 0.664. The Balaban J connectivity index is 2.76. The van der Waals surface area contributed by atoms with E-state index >= 15 is 0 Å². The summed E-state index contributed by atoms with van der Waals surface area (Å²) in [5.74, 6) is -0.641. The lowest BCUT2D eigenvalue weighted by Gasteiger charge is -1.95. The van der Waals surface area contributed by atoms with Gasteiger partial charge in [-0.05, 0) is 30.1 Å². The standard InChI is InChI=1S/C7H6Cl2N4O2/c1-2-15-4(14)3-10-7-12-5(8)11-6(9)13-7/h3H,2H2,1H3. The monoisotopic (exact) mass is 248 g/mol. The average Bonchev–Trinajstić information content (AvgIpc) is 2.14. The summed E-state index contributed by atoms with van der Waals surface area (Å²) in [7, 11) is 0. The van der Waals surface area contributed by atoms with Gasteiger partial charge in [0, 0.05) is 0 Å². The van der Waals surface area contributed by atoms with E-state index in [1.54, 1.807) is 6.92 Å². The lowest BCUT2D eigenvalue weighted by molar-refractivity contribution is -0.134. The normalized spacial score (nSPS) is 10.6. The molecule has 0 spiro atoms. The number of hydrogen-bond acceptors (Lipinski definition) is 6. The van der Waals surface area contributed by atoms with E-state index in [9.17, 15) is 4.79 Å². The summed E-state index contributed by atoms with van der Waals surface area (Å²) >= 11 is 11.0. The summed E-state index contributed by atoms with van der Waals surface area (Å²) < 4.78 is 4.60. The molecular formula is C7H6Cl2N4O2. The molecule has 1 heterocycles. The fourth-order valence-corrected chi connectivity index (χ4v) is 1.02. The van der Waals surface area contributed by atoms with Crippen LogP contribution in [0.15, 0.2) is 4.99 Å². The van der Waals surface area contributed by atoms with Crippen LogP contribution in [0.1, 0.15) is 6.92 Å². The highest BCUT2D eigenvalue weighted by Gasteiger charge is 2.02. The molecule has 0 saturated heterocycles. The van der Waals surface area contributed by atoms with Gasteiger partial charge < -0.3 is 4.74 Å². The van der Waals surface area contributed by atoms with Crippen LogP contribution < -0.4 is 0 Å². The van der Waals surface area contributed by atoms with E-state index in [-0.39, 0.29) is 23.1 Å². The van der Waals surface area contributed by atoms with Crippen LogP contribution >= 0.6 is 23.2 Å². The Labute approximate surface area is 95.3 Å². The lowest BCUT2D eigenvalue weighted by Crippen LogP contribution is -2.04. The van der Waals surface area contributed by atoms with Crippen molar-refractivity contribution in [2.24, 2.45) is 4.99 Å². The number of carbonyl (C=O) groups excluding carboxylic acids is 1.